The molecule has 0 aliphatic rings. The van der Waals surface area contributed by atoms with Crippen LogP contribution in [0.3, 0.4) is 0 Å². The van der Waals surface area contributed by atoms with Crippen LogP contribution in [0.4, 0.5) is 11.4 Å². The molecule has 26 heavy (non-hydrogen) atoms. The van der Waals surface area contributed by atoms with E-state index in [1.54, 1.807) is 23.9 Å². The van der Waals surface area contributed by atoms with Crippen LogP contribution in [-0.4, -0.2) is 32.9 Å². The van der Waals surface area contributed by atoms with Gasteiger partial charge in [-0.25, -0.2) is 8.42 Å². The minimum atomic E-state index is -3.71. The predicted octanol–water partition coefficient (Wildman–Crippen LogP) is 4.51. The number of amides is 1. The Morgan fingerprint density at radius 3 is 2.35 bits per heavy atom. The molecule has 9 heteroatoms. The van der Waals surface area contributed by atoms with E-state index >= 15 is 0 Å². The Hall–Kier alpha value is -1.41. The molecule has 2 rings (SSSR count). The number of hydrogen-bond donors (Lipinski definition) is 1. The molecule has 0 bridgehead atoms. The van der Waals surface area contributed by atoms with E-state index in [9.17, 15) is 13.2 Å². The van der Waals surface area contributed by atoms with Crippen LogP contribution in [0.25, 0.3) is 0 Å². The lowest BCUT2D eigenvalue weighted by atomic mass is 10.3. The molecule has 0 radical (unpaired) electrons. The maximum atomic E-state index is 12.5. The van der Waals surface area contributed by atoms with Gasteiger partial charge in [0, 0.05) is 14.9 Å². The van der Waals surface area contributed by atoms with Gasteiger partial charge in [0.05, 0.1) is 17.6 Å². The highest BCUT2D eigenvalue weighted by atomic mass is 35.5. The zero-order chi connectivity index (χ0) is 19.3. The standard InChI is InChI=1S/C17H18Cl2N2O3S2/c1-3-25-16-7-5-4-6-15(16)20-17(22)11-21(26(2,23)24)14-9-12(18)8-13(19)10-14/h4-10H,3,11H2,1-2H3,(H,20,22). The van der Waals surface area contributed by atoms with Gasteiger partial charge in [-0.15, -0.1) is 11.8 Å². The summed E-state index contributed by atoms with van der Waals surface area (Å²) in [5, 5.41) is 3.33. The zero-order valence-electron chi connectivity index (χ0n) is 14.2. The summed E-state index contributed by atoms with van der Waals surface area (Å²) in [6.45, 7) is 1.62. The Morgan fingerprint density at radius 2 is 1.77 bits per heavy atom. The van der Waals surface area contributed by atoms with E-state index in [0.29, 0.717) is 5.69 Å². The van der Waals surface area contributed by atoms with Crippen molar-refractivity contribution in [1.29, 1.82) is 0 Å². The lowest BCUT2D eigenvalue weighted by Crippen LogP contribution is -2.37. The summed E-state index contributed by atoms with van der Waals surface area (Å²) in [6.07, 6.45) is 1.02. The van der Waals surface area contributed by atoms with Gasteiger partial charge in [-0.3, -0.25) is 9.10 Å². The topological polar surface area (TPSA) is 66.5 Å². The second-order valence-corrected chi connectivity index (χ2v) is 9.46. The minimum absolute atomic E-state index is 0.233. The van der Waals surface area contributed by atoms with Gasteiger partial charge in [-0.1, -0.05) is 42.3 Å². The smallest absolute Gasteiger partial charge is 0.245 e. The fourth-order valence-corrected chi connectivity index (χ4v) is 4.37. The first-order valence-corrected chi connectivity index (χ1v) is 11.2. The lowest BCUT2D eigenvalue weighted by Gasteiger charge is -2.22. The molecule has 0 atom stereocenters. The van der Waals surface area contributed by atoms with Gasteiger partial charge in [0.25, 0.3) is 0 Å². The average Bonchev–Trinajstić information content (AvgIpc) is 2.52. The van der Waals surface area contributed by atoms with E-state index in [2.05, 4.69) is 5.32 Å². The SMILES string of the molecule is CCSc1ccccc1NC(=O)CN(c1cc(Cl)cc(Cl)c1)S(C)(=O)=O. The largest absolute Gasteiger partial charge is 0.323 e. The molecule has 5 nitrogen and oxygen atoms in total. The fraction of sp³-hybridized carbons (Fsp3) is 0.235. The molecule has 0 aliphatic carbocycles. The zero-order valence-corrected chi connectivity index (χ0v) is 17.3. The quantitative estimate of drug-likeness (QED) is 0.653. The van der Waals surface area contributed by atoms with Crippen molar-refractivity contribution in [3.8, 4) is 0 Å². The van der Waals surface area contributed by atoms with Gasteiger partial charge >= 0.3 is 0 Å². The normalized spacial score (nSPS) is 11.2. The minimum Gasteiger partial charge on any atom is -0.323 e. The number of sulfonamides is 1. The van der Waals surface area contributed by atoms with E-state index in [1.807, 2.05) is 19.1 Å². The molecule has 0 unspecified atom stereocenters. The van der Waals surface area contributed by atoms with Crippen molar-refractivity contribution >= 4 is 62.3 Å². The number of rotatable bonds is 7. The van der Waals surface area contributed by atoms with Crippen molar-refractivity contribution in [2.24, 2.45) is 0 Å². The van der Waals surface area contributed by atoms with Gasteiger partial charge in [-0.2, -0.15) is 0 Å². The maximum Gasteiger partial charge on any atom is 0.245 e. The predicted molar refractivity (Wildman–Crippen MR) is 110 cm³/mol. The summed E-state index contributed by atoms with van der Waals surface area (Å²) >= 11 is 13.5. The van der Waals surface area contributed by atoms with Crippen molar-refractivity contribution in [3.05, 3.63) is 52.5 Å². The third-order valence-electron chi connectivity index (χ3n) is 3.28. The summed E-state index contributed by atoms with van der Waals surface area (Å²) in [6, 6.07) is 11.7. The van der Waals surface area contributed by atoms with Crippen LogP contribution >= 0.6 is 35.0 Å². The molecule has 2 aromatic rings. The molecule has 2 aromatic carbocycles. The molecule has 0 aromatic heterocycles. The molecule has 1 N–H and O–H groups in total. The van der Waals surface area contributed by atoms with Gasteiger partial charge in [0.15, 0.2) is 0 Å². The summed E-state index contributed by atoms with van der Waals surface area (Å²) < 4.78 is 25.3. The molecule has 0 saturated carbocycles. The first kappa shape index (κ1) is 20.9. The van der Waals surface area contributed by atoms with Gasteiger partial charge < -0.3 is 5.32 Å². The van der Waals surface area contributed by atoms with Crippen LogP contribution < -0.4 is 9.62 Å². The van der Waals surface area contributed by atoms with Crippen LogP contribution in [-0.2, 0) is 14.8 Å². The van der Waals surface area contributed by atoms with E-state index in [4.69, 9.17) is 23.2 Å². The van der Waals surface area contributed by atoms with E-state index in [-0.39, 0.29) is 22.3 Å². The third kappa shape index (κ3) is 5.81. The Bertz CT molecular complexity index is 884. The molecule has 0 heterocycles. The number of carbonyl (C=O) groups is 1. The summed E-state index contributed by atoms with van der Waals surface area (Å²) in [5.41, 5.74) is 0.873. The Morgan fingerprint density at radius 1 is 1.15 bits per heavy atom. The number of para-hydroxylation sites is 1. The molecule has 0 spiro atoms. The number of nitrogens with one attached hydrogen (secondary N) is 1. The Labute approximate surface area is 167 Å². The molecular weight excluding hydrogens is 415 g/mol. The maximum absolute atomic E-state index is 12.5. The lowest BCUT2D eigenvalue weighted by molar-refractivity contribution is -0.114. The molecule has 140 valence electrons. The molecule has 0 aliphatic heterocycles. The number of halogens is 2. The van der Waals surface area contributed by atoms with Crippen LogP contribution in [0.15, 0.2) is 47.4 Å². The molecular formula is C17H18Cl2N2O3S2. The third-order valence-corrected chi connectivity index (χ3v) is 5.82. The van der Waals surface area contributed by atoms with Crippen molar-refractivity contribution in [1.82, 2.24) is 0 Å². The van der Waals surface area contributed by atoms with Crippen LogP contribution in [0.5, 0.6) is 0 Å². The van der Waals surface area contributed by atoms with Crippen molar-refractivity contribution in [2.45, 2.75) is 11.8 Å². The number of thioether (sulfide) groups is 1. The van der Waals surface area contributed by atoms with E-state index in [1.165, 1.54) is 18.2 Å². The van der Waals surface area contributed by atoms with E-state index in [0.717, 1.165) is 21.2 Å². The summed E-state index contributed by atoms with van der Waals surface area (Å²) in [7, 11) is -3.71. The number of benzene rings is 2. The second-order valence-electron chi connectivity index (χ2n) is 5.37. The number of anilines is 2. The first-order valence-electron chi connectivity index (χ1n) is 7.66. The number of carbonyl (C=O) groups excluding carboxylic acids is 1. The highest BCUT2D eigenvalue weighted by molar-refractivity contribution is 7.99. The number of hydrogen-bond acceptors (Lipinski definition) is 4. The molecule has 0 saturated heterocycles. The highest BCUT2D eigenvalue weighted by Crippen LogP contribution is 2.28. The van der Waals surface area contributed by atoms with Crippen molar-refractivity contribution < 1.29 is 13.2 Å². The average molecular weight is 433 g/mol. The van der Waals surface area contributed by atoms with E-state index < -0.39 is 15.9 Å². The highest BCUT2D eigenvalue weighted by Gasteiger charge is 2.22. The Balaban J connectivity index is 2.26. The van der Waals surface area contributed by atoms with Gasteiger partial charge in [0.2, 0.25) is 15.9 Å². The Kier molecular flexibility index (Phi) is 7.23. The summed E-state index contributed by atoms with van der Waals surface area (Å²) in [4.78, 5) is 13.4. The monoisotopic (exact) mass is 432 g/mol. The fourth-order valence-electron chi connectivity index (χ4n) is 2.25. The van der Waals surface area contributed by atoms with Crippen LogP contribution in [0.2, 0.25) is 10.0 Å². The molecule has 1 amide bonds. The van der Waals surface area contributed by atoms with Crippen molar-refractivity contribution in [3.63, 3.8) is 0 Å². The van der Waals surface area contributed by atoms with Crippen LogP contribution in [0.1, 0.15) is 6.92 Å². The molecule has 0 fully saturated rings. The first-order chi connectivity index (χ1) is 12.2. The number of nitrogens with zero attached hydrogens (tertiary/aromatic N) is 1. The van der Waals surface area contributed by atoms with Crippen molar-refractivity contribution in [2.75, 3.05) is 28.2 Å². The van der Waals surface area contributed by atoms with Gasteiger partial charge in [-0.05, 0) is 36.1 Å². The summed E-state index contributed by atoms with van der Waals surface area (Å²) in [5.74, 6) is 0.388. The van der Waals surface area contributed by atoms with Gasteiger partial charge in [0.1, 0.15) is 6.54 Å². The van der Waals surface area contributed by atoms with Crippen LogP contribution in [0, 0.1) is 0 Å². The second kappa shape index (κ2) is 8.99.